The minimum Gasteiger partial charge on any atom is -0.329 e. The third-order valence-electron chi connectivity index (χ3n) is 1.58. The van der Waals surface area contributed by atoms with Crippen LogP contribution >= 0.6 is 11.6 Å². The predicted molar refractivity (Wildman–Crippen MR) is 57.9 cm³/mol. The molecule has 4 nitrogen and oxygen atoms in total. The first-order valence-corrected chi connectivity index (χ1v) is 6.13. The van der Waals surface area contributed by atoms with Gasteiger partial charge in [0, 0.05) is 11.6 Å². The van der Waals surface area contributed by atoms with Crippen LogP contribution in [0.25, 0.3) is 0 Å². The van der Waals surface area contributed by atoms with Gasteiger partial charge < -0.3 is 5.73 Å². The zero-order valence-electron chi connectivity index (χ0n) is 7.70. The van der Waals surface area contributed by atoms with Gasteiger partial charge in [-0.2, -0.15) is 0 Å². The smallest absolute Gasteiger partial charge is 0.234 e. The Morgan fingerprint density at radius 3 is 2.73 bits per heavy atom. The number of nitrogens with one attached hydrogen (secondary N) is 1. The van der Waals surface area contributed by atoms with Crippen LogP contribution in [0, 0.1) is 5.82 Å². The standard InChI is InChI=1S/C8H10ClFN2O2S/c9-6-1-2-7(10)8(5-6)12-15(13,14)4-3-11/h1-2,5,12H,3-4,11H2. The van der Waals surface area contributed by atoms with Crippen molar-refractivity contribution in [1.29, 1.82) is 0 Å². The molecule has 1 aromatic rings. The molecule has 0 aliphatic carbocycles. The molecule has 0 saturated heterocycles. The molecule has 7 heteroatoms. The summed E-state index contributed by atoms with van der Waals surface area (Å²) in [6.07, 6.45) is 0. The van der Waals surface area contributed by atoms with Crippen molar-refractivity contribution in [2.45, 2.75) is 0 Å². The third kappa shape index (κ3) is 3.65. The maximum absolute atomic E-state index is 13.1. The molecule has 0 unspecified atom stereocenters. The van der Waals surface area contributed by atoms with Crippen molar-refractivity contribution in [1.82, 2.24) is 0 Å². The molecule has 0 bridgehead atoms. The van der Waals surface area contributed by atoms with E-state index in [1.807, 2.05) is 0 Å². The summed E-state index contributed by atoms with van der Waals surface area (Å²) < 4.78 is 37.7. The summed E-state index contributed by atoms with van der Waals surface area (Å²) in [5, 5.41) is 0.252. The Kier molecular flexibility index (Phi) is 3.90. The van der Waals surface area contributed by atoms with Gasteiger partial charge in [0.25, 0.3) is 0 Å². The van der Waals surface area contributed by atoms with Gasteiger partial charge in [0.05, 0.1) is 11.4 Å². The van der Waals surface area contributed by atoms with E-state index in [1.165, 1.54) is 12.1 Å². The number of nitrogens with two attached hydrogens (primary N) is 1. The van der Waals surface area contributed by atoms with E-state index in [9.17, 15) is 12.8 Å². The highest BCUT2D eigenvalue weighted by atomic mass is 35.5. The Labute approximate surface area is 92.3 Å². The Bertz CT molecular complexity index is 450. The van der Waals surface area contributed by atoms with Crippen molar-refractivity contribution < 1.29 is 12.8 Å². The molecule has 1 rings (SSSR count). The summed E-state index contributed by atoms with van der Waals surface area (Å²) in [6.45, 7) is -0.0302. The van der Waals surface area contributed by atoms with Gasteiger partial charge in [-0.3, -0.25) is 4.72 Å². The number of sulfonamides is 1. The lowest BCUT2D eigenvalue weighted by Gasteiger charge is -2.07. The van der Waals surface area contributed by atoms with Crippen molar-refractivity contribution in [2.24, 2.45) is 5.73 Å². The Balaban J connectivity index is 2.94. The van der Waals surface area contributed by atoms with Crippen molar-refractivity contribution >= 4 is 27.3 Å². The Morgan fingerprint density at radius 2 is 2.13 bits per heavy atom. The highest BCUT2D eigenvalue weighted by Crippen LogP contribution is 2.20. The number of halogens is 2. The fraction of sp³-hybridized carbons (Fsp3) is 0.250. The number of anilines is 1. The fourth-order valence-electron chi connectivity index (χ4n) is 0.949. The normalized spacial score (nSPS) is 11.4. The van der Waals surface area contributed by atoms with Crippen molar-refractivity contribution in [2.75, 3.05) is 17.0 Å². The monoisotopic (exact) mass is 252 g/mol. The van der Waals surface area contributed by atoms with Gasteiger partial charge in [0.1, 0.15) is 5.82 Å². The SMILES string of the molecule is NCCS(=O)(=O)Nc1cc(Cl)ccc1F. The van der Waals surface area contributed by atoms with Crippen LogP contribution in [-0.4, -0.2) is 20.7 Å². The maximum atomic E-state index is 13.1. The largest absolute Gasteiger partial charge is 0.329 e. The van der Waals surface area contributed by atoms with E-state index in [0.29, 0.717) is 0 Å². The van der Waals surface area contributed by atoms with E-state index in [4.69, 9.17) is 17.3 Å². The molecule has 0 atom stereocenters. The summed E-state index contributed by atoms with van der Waals surface area (Å²) in [5.41, 5.74) is 4.93. The highest BCUT2D eigenvalue weighted by molar-refractivity contribution is 7.92. The predicted octanol–water partition coefficient (Wildman–Crippen LogP) is 1.18. The van der Waals surface area contributed by atoms with Crippen molar-refractivity contribution in [3.63, 3.8) is 0 Å². The van der Waals surface area contributed by atoms with Crippen LogP contribution in [0.4, 0.5) is 10.1 Å². The first-order chi connectivity index (χ1) is 6.94. The molecule has 0 heterocycles. The second-order valence-electron chi connectivity index (χ2n) is 2.83. The molecular weight excluding hydrogens is 243 g/mol. The topological polar surface area (TPSA) is 72.2 Å². The fourth-order valence-corrected chi connectivity index (χ4v) is 2.03. The number of hydrogen-bond donors (Lipinski definition) is 2. The van der Waals surface area contributed by atoms with Crippen LogP contribution in [0.3, 0.4) is 0 Å². The molecule has 15 heavy (non-hydrogen) atoms. The van der Waals surface area contributed by atoms with Crippen LogP contribution in [0.15, 0.2) is 18.2 Å². The first-order valence-electron chi connectivity index (χ1n) is 4.10. The van der Waals surface area contributed by atoms with Crippen molar-refractivity contribution in [3.05, 3.63) is 29.0 Å². The molecule has 0 aromatic heterocycles. The van der Waals surface area contributed by atoms with Gasteiger partial charge in [-0.05, 0) is 18.2 Å². The van der Waals surface area contributed by atoms with Gasteiger partial charge in [0.2, 0.25) is 10.0 Å². The van der Waals surface area contributed by atoms with E-state index in [0.717, 1.165) is 6.07 Å². The third-order valence-corrected chi connectivity index (χ3v) is 3.12. The average molecular weight is 253 g/mol. The Morgan fingerprint density at radius 1 is 1.47 bits per heavy atom. The molecule has 0 saturated carbocycles. The lowest BCUT2D eigenvalue weighted by atomic mass is 10.3. The summed E-state index contributed by atoms with van der Waals surface area (Å²) in [7, 11) is -3.60. The quantitative estimate of drug-likeness (QED) is 0.845. The van der Waals surface area contributed by atoms with Crippen LogP contribution in [0.5, 0.6) is 0 Å². The molecule has 0 aliphatic rings. The summed E-state index contributed by atoms with van der Waals surface area (Å²) in [6, 6.07) is 3.62. The van der Waals surface area contributed by atoms with Gasteiger partial charge in [-0.15, -0.1) is 0 Å². The molecule has 0 amide bonds. The molecule has 0 radical (unpaired) electrons. The molecule has 84 valence electrons. The summed E-state index contributed by atoms with van der Waals surface area (Å²) in [4.78, 5) is 0. The van der Waals surface area contributed by atoms with E-state index in [2.05, 4.69) is 4.72 Å². The molecule has 3 N–H and O–H groups in total. The van der Waals surface area contributed by atoms with E-state index in [1.54, 1.807) is 0 Å². The number of hydrogen-bond acceptors (Lipinski definition) is 3. The lowest BCUT2D eigenvalue weighted by molar-refractivity contribution is 0.598. The van der Waals surface area contributed by atoms with E-state index < -0.39 is 15.8 Å². The van der Waals surface area contributed by atoms with Crippen LogP contribution in [0.2, 0.25) is 5.02 Å². The average Bonchev–Trinajstić information content (AvgIpc) is 2.10. The minimum absolute atomic E-state index is 0.0302. The summed E-state index contributed by atoms with van der Waals surface area (Å²) in [5.74, 6) is -0.945. The van der Waals surface area contributed by atoms with Gasteiger partial charge in [-0.1, -0.05) is 11.6 Å². The molecule has 1 aromatic carbocycles. The number of benzene rings is 1. The highest BCUT2D eigenvalue weighted by Gasteiger charge is 2.12. The van der Waals surface area contributed by atoms with Crippen LogP contribution in [-0.2, 0) is 10.0 Å². The first kappa shape index (κ1) is 12.2. The molecule has 0 fully saturated rings. The maximum Gasteiger partial charge on any atom is 0.234 e. The van der Waals surface area contributed by atoms with Crippen LogP contribution in [0.1, 0.15) is 0 Å². The molecule has 0 spiro atoms. The van der Waals surface area contributed by atoms with Gasteiger partial charge >= 0.3 is 0 Å². The zero-order chi connectivity index (χ0) is 11.5. The van der Waals surface area contributed by atoms with E-state index in [-0.39, 0.29) is 23.0 Å². The second-order valence-corrected chi connectivity index (χ2v) is 5.11. The van der Waals surface area contributed by atoms with Gasteiger partial charge in [0.15, 0.2) is 0 Å². The zero-order valence-corrected chi connectivity index (χ0v) is 9.28. The van der Waals surface area contributed by atoms with Gasteiger partial charge in [-0.25, -0.2) is 12.8 Å². The second kappa shape index (κ2) is 4.78. The number of rotatable bonds is 4. The van der Waals surface area contributed by atoms with Crippen LogP contribution < -0.4 is 10.5 Å². The Hall–Kier alpha value is -0.850. The lowest BCUT2D eigenvalue weighted by Crippen LogP contribution is -2.22. The summed E-state index contributed by atoms with van der Waals surface area (Å²) >= 11 is 5.60. The minimum atomic E-state index is -3.60. The molecule has 0 aliphatic heterocycles. The molecular formula is C8H10ClFN2O2S. The van der Waals surface area contributed by atoms with Crippen molar-refractivity contribution in [3.8, 4) is 0 Å². The van der Waals surface area contributed by atoms with E-state index >= 15 is 0 Å².